The van der Waals surface area contributed by atoms with Crippen LogP contribution in [0.1, 0.15) is 36.4 Å². The van der Waals surface area contributed by atoms with E-state index in [-0.39, 0.29) is 0 Å². The Bertz CT molecular complexity index is 485. The third-order valence-corrected chi connectivity index (χ3v) is 2.87. The largest absolute Gasteiger partial charge is 0.388 e. The predicted molar refractivity (Wildman–Crippen MR) is 71.1 cm³/mol. The summed E-state index contributed by atoms with van der Waals surface area (Å²) in [5, 5.41) is 10.1. The highest BCUT2D eigenvalue weighted by Crippen LogP contribution is 2.17. The van der Waals surface area contributed by atoms with Gasteiger partial charge in [0.25, 0.3) is 0 Å². The summed E-state index contributed by atoms with van der Waals surface area (Å²) in [5.41, 5.74) is 2.86. The zero-order valence-corrected chi connectivity index (χ0v) is 10.6. The summed E-state index contributed by atoms with van der Waals surface area (Å²) >= 11 is 0. The van der Waals surface area contributed by atoms with Crippen LogP contribution in [0.4, 0.5) is 0 Å². The molecule has 0 radical (unpaired) electrons. The smallest absolute Gasteiger partial charge is 0.115 e. The van der Waals surface area contributed by atoms with Gasteiger partial charge in [0.2, 0.25) is 0 Å². The van der Waals surface area contributed by atoms with E-state index >= 15 is 0 Å². The molecule has 1 unspecified atom stereocenters. The molecule has 1 aromatic carbocycles. The highest BCUT2D eigenvalue weighted by Gasteiger charge is 2.09. The Morgan fingerprint density at radius 1 is 1.11 bits per heavy atom. The molecule has 18 heavy (non-hydrogen) atoms. The second-order valence-electron chi connectivity index (χ2n) is 4.38. The quantitative estimate of drug-likeness (QED) is 0.876. The molecule has 0 aliphatic heterocycles. The van der Waals surface area contributed by atoms with Gasteiger partial charge in [-0.1, -0.05) is 43.7 Å². The van der Waals surface area contributed by atoms with Crippen LogP contribution >= 0.6 is 0 Å². The number of aromatic nitrogens is 2. The summed E-state index contributed by atoms with van der Waals surface area (Å²) in [7, 11) is 0. The van der Waals surface area contributed by atoms with Gasteiger partial charge in [0.05, 0.1) is 6.10 Å². The summed E-state index contributed by atoms with van der Waals surface area (Å²) in [4.78, 5) is 8.43. The second-order valence-corrected chi connectivity index (χ2v) is 4.38. The van der Waals surface area contributed by atoms with Crippen LogP contribution in [0.15, 0.2) is 42.7 Å². The number of benzene rings is 1. The van der Waals surface area contributed by atoms with E-state index in [2.05, 4.69) is 16.9 Å². The molecule has 0 amide bonds. The Morgan fingerprint density at radius 2 is 1.83 bits per heavy atom. The summed E-state index contributed by atoms with van der Waals surface area (Å²) < 4.78 is 0. The van der Waals surface area contributed by atoms with Crippen molar-refractivity contribution >= 4 is 0 Å². The average Bonchev–Trinajstić information content (AvgIpc) is 2.40. The number of aliphatic hydroxyl groups is 1. The molecule has 2 rings (SSSR count). The first-order valence-corrected chi connectivity index (χ1v) is 6.32. The number of hydrogen-bond acceptors (Lipinski definition) is 3. The minimum absolute atomic E-state index is 0.504. The summed E-state index contributed by atoms with van der Waals surface area (Å²) in [5.74, 6) is 0. The van der Waals surface area contributed by atoms with Gasteiger partial charge < -0.3 is 5.11 Å². The zero-order chi connectivity index (χ0) is 12.8. The van der Waals surface area contributed by atoms with Crippen molar-refractivity contribution in [1.29, 1.82) is 0 Å². The van der Waals surface area contributed by atoms with Crippen LogP contribution in [0.5, 0.6) is 0 Å². The zero-order valence-electron chi connectivity index (χ0n) is 10.6. The molecule has 0 saturated carbocycles. The lowest BCUT2D eigenvalue weighted by atomic mass is 10.0. The molecule has 0 bridgehead atoms. The maximum Gasteiger partial charge on any atom is 0.115 e. The van der Waals surface area contributed by atoms with E-state index in [0.717, 1.165) is 29.8 Å². The van der Waals surface area contributed by atoms with Crippen molar-refractivity contribution < 1.29 is 5.11 Å². The lowest BCUT2D eigenvalue weighted by molar-refractivity contribution is 0.177. The molecule has 1 atom stereocenters. The van der Waals surface area contributed by atoms with Crippen molar-refractivity contribution in [2.24, 2.45) is 0 Å². The molecule has 0 spiro atoms. The van der Waals surface area contributed by atoms with Crippen LogP contribution in [-0.4, -0.2) is 15.1 Å². The van der Waals surface area contributed by atoms with Gasteiger partial charge in [-0.15, -0.1) is 0 Å². The standard InChI is InChI=1S/C15H18N2O/c1-2-6-13-9-14(17-11-16-13)10-15(18)12-7-4-3-5-8-12/h3-5,7-9,11,15,18H,2,6,10H2,1H3. The molecule has 0 fully saturated rings. The third kappa shape index (κ3) is 3.37. The lowest BCUT2D eigenvalue weighted by Crippen LogP contribution is -2.04. The Balaban J connectivity index is 2.07. The first-order chi connectivity index (χ1) is 8.79. The molecule has 1 heterocycles. The topological polar surface area (TPSA) is 46.0 Å². The summed E-state index contributed by atoms with van der Waals surface area (Å²) in [6, 6.07) is 11.6. The van der Waals surface area contributed by atoms with Crippen LogP contribution in [0.25, 0.3) is 0 Å². The minimum Gasteiger partial charge on any atom is -0.388 e. The fourth-order valence-corrected chi connectivity index (χ4v) is 1.94. The monoisotopic (exact) mass is 242 g/mol. The Kier molecular flexibility index (Phi) is 4.42. The third-order valence-electron chi connectivity index (χ3n) is 2.87. The maximum atomic E-state index is 10.1. The van der Waals surface area contributed by atoms with Crippen LogP contribution in [0.2, 0.25) is 0 Å². The Hall–Kier alpha value is -1.74. The van der Waals surface area contributed by atoms with E-state index < -0.39 is 6.10 Å². The molecule has 1 N–H and O–H groups in total. The number of nitrogens with zero attached hydrogens (tertiary/aromatic N) is 2. The van der Waals surface area contributed by atoms with E-state index in [1.165, 1.54) is 0 Å². The lowest BCUT2D eigenvalue weighted by Gasteiger charge is -2.10. The highest BCUT2D eigenvalue weighted by molar-refractivity contribution is 5.19. The van der Waals surface area contributed by atoms with Crippen molar-refractivity contribution in [2.75, 3.05) is 0 Å². The first-order valence-electron chi connectivity index (χ1n) is 6.32. The van der Waals surface area contributed by atoms with Gasteiger partial charge in [-0.3, -0.25) is 0 Å². The molecule has 0 aliphatic rings. The van der Waals surface area contributed by atoms with Gasteiger partial charge in [-0.2, -0.15) is 0 Å². The van der Waals surface area contributed by atoms with Crippen molar-refractivity contribution in [2.45, 2.75) is 32.3 Å². The van der Waals surface area contributed by atoms with Gasteiger partial charge in [-0.25, -0.2) is 9.97 Å². The van der Waals surface area contributed by atoms with Gasteiger partial charge in [0, 0.05) is 17.8 Å². The van der Waals surface area contributed by atoms with Crippen LogP contribution in [0.3, 0.4) is 0 Å². The van der Waals surface area contributed by atoms with Crippen LogP contribution in [0, 0.1) is 0 Å². The van der Waals surface area contributed by atoms with E-state index in [0.29, 0.717) is 6.42 Å². The highest BCUT2D eigenvalue weighted by atomic mass is 16.3. The molecular weight excluding hydrogens is 224 g/mol. The number of aryl methyl sites for hydroxylation is 1. The van der Waals surface area contributed by atoms with Crippen molar-refractivity contribution in [3.8, 4) is 0 Å². The molecule has 1 aromatic heterocycles. The fraction of sp³-hybridized carbons (Fsp3) is 0.333. The number of hydrogen-bond donors (Lipinski definition) is 1. The van der Waals surface area contributed by atoms with Gasteiger partial charge in [-0.05, 0) is 18.1 Å². The summed E-state index contributed by atoms with van der Waals surface area (Å²) in [6.45, 7) is 2.13. The molecule has 0 saturated heterocycles. The number of rotatable bonds is 5. The van der Waals surface area contributed by atoms with Gasteiger partial charge in [0.15, 0.2) is 0 Å². The first kappa shape index (κ1) is 12.7. The fourth-order valence-electron chi connectivity index (χ4n) is 1.94. The molecule has 3 nitrogen and oxygen atoms in total. The van der Waals surface area contributed by atoms with Gasteiger partial charge >= 0.3 is 0 Å². The summed E-state index contributed by atoms with van der Waals surface area (Å²) in [6.07, 6.45) is 3.63. The second kappa shape index (κ2) is 6.26. The van der Waals surface area contributed by atoms with Crippen molar-refractivity contribution in [1.82, 2.24) is 9.97 Å². The van der Waals surface area contributed by atoms with Crippen molar-refractivity contribution in [3.05, 3.63) is 59.7 Å². The minimum atomic E-state index is -0.504. The normalized spacial score (nSPS) is 12.3. The van der Waals surface area contributed by atoms with E-state index in [9.17, 15) is 5.11 Å². The SMILES string of the molecule is CCCc1cc(CC(O)c2ccccc2)ncn1. The molecule has 2 aromatic rings. The van der Waals surface area contributed by atoms with Gasteiger partial charge in [0.1, 0.15) is 6.33 Å². The van der Waals surface area contributed by atoms with E-state index in [1.54, 1.807) is 6.33 Å². The average molecular weight is 242 g/mol. The van der Waals surface area contributed by atoms with Crippen molar-refractivity contribution in [3.63, 3.8) is 0 Å². The molecule has 3 heteroatoms. The van der Waals surface area contributed by atoms with Crippen LogP contribution in [-0.2, 0) is 12.8 Å². The Morgan fingerprint density at radius 3 is 2.56 bits per heavy atom. The predicted octanol–water partition coefficient (Wildman–Crippen LogP) is 2.71. The van der Waals surface area contributed by atoms with E-state index in [4.69, 9.17) is 0 Å². The molecule has 94 valence electrons. The molecule has 0 aliphatic carbocycles. The Labute approximate surface area is 108 Å². The van der Waals surface area contributed by atoms with E-state index in [1.807, 2.05) is 36.4 Å². The number of aliphatic hydroxyl groups excluding tert-OH is 1. The molecular formula is C15H18N2O. The van der Waals surface area contributed by atoms with Crippen LogP contribution < -0.4 is 0 Å². The maximum absolute atomic E-state index is 10.1.